The van der Waals surface area contributed by atoms with Gasteiger partial charge in [-0.15, -0.1) is 0 Å². The zero-order chi connectivity index (χ0) is 51.2. The first-order valence-electron chi connectivity index (χ1n) is 22.9. The Morgan fingerprint density at radius 3 is 1.94 bits per heavy atom. The number of carbonyl (C=O) groups is 8. The Morgan fingerprint density at radius 1 is 0.739 bits per heavy atom. The van der Waals surface area contributed by atoms with Crippen LogP contribution in [0, 0.1) is 5.92 Å². The number of para-hydroxylation sites is 1. The van der Waals surface area contributed by atoms with E-state index < -0.39 is 102 Å². The maximum absolute atomic E-state index is 14.4. The maximum Gasteiger partial charge on any atom is 0.245 e. The van der Waals surface area contributed by atoms with E-state index in [1.165, 1.54) is 6.92 Å². The minimum absolute atomic E-state index is 0.0212. The van der Waals surface area contributed by atoms with Gasteiger partial charge in [0.2, 0.25) is 47.3 Å². The van der Waals surface area contributed by atoms with Crippen molar-refractivity contribution in [3.8, 4) is 0 Å². The number of benzene rings is 1. The van der Waals surface area contributed by atoms with Gasteiger partial charge in [-0.3, -0.25) is 43.3 Å². The molecule has 0 saturated carbocycles. The van der Waals surface area contributed by atoms with Gasteiger partial charge in [0.25, 0.3) is 0 Å². The van der Waals surface area contributed by atoms with E-state index in [4.69, 9.17) is 34.4 Å². The average molecular weight is 1010 g/mol. The summed E-state index contributed by atoms with van der Waals surface area (Å²) in [6, 6.07) is -3.45. The molecule has 2 heterocycles. The van der Waals surface area contributed by atoms with Gasteiger partial charge in [0, 0.05) is 41.6 Å². The molecule has 1 aromatic carbocycles. The molecule has 8 amide bonds. The predicted octanol–water partition coefficient (Wildman–Crippen LogP) is -3.73. The molecule has 0 unspecified atom stereocenters. The van der Waals surface area contributed by atoms with E-state index in [1.54, 1.807) is 24.4 Å². The van der Waals surface area contributed by atoms with Gasteiger partial charge >= 0.3 is 0 Å². The van der Waals surface area contributed by atoms with E-state index in [2.05, 4.69) is 47.2 Å². The Hall–Kier alpha value is -5.67. The number of unbranched alkanes of at least 4 members (excludes halogenated alkanes) is 1. The van der Waals surface area contributed by atoms with Gasteiger partial charge in [-0.1, -0.05) is 53.6 Å². The van der Waals surface area contributed by atoms with Crippen molar-refractivity contribution in [2.24, 2.45) is 45.3 Å². The highest BCUT2D eigenvalue weighted by Crippen LogP contribution is 2.24. The molecule has 0 aliphatic carbocycles. The minimum atomic E-state index is -1.69. The summed E-state index contributed by atoms with van der Waals surface area (Å²) in [7, 11) is 2.15. The van der Waals surface area contributed by atoms with E-state index in [0.717, 1.165) is 32.5 Å². The molecule has 9 atom stereocenters. The van der Waals surface area contributed by atoms with Crippen LogP contribution in [0.3, 0.4) is 0 Å². The molecule has 21 N–H and O–H groups in total. The maximum atomic E-state index is 14.4. The number of aliphatic hydroxyl groups excluding tert-OH is 1. The summed E-state index contributed by atoms with van der Waals surface area (Å²) in [4.78, 5) is 118. The van der Waals surface area contributed by atoms with E-state index in [9.17, 15) is 43.5 Å². The quantitative estimate of drug-likeness (QED) is 0.0295. The lowest BCUT2D eigenvalue weighted by molar-refractivity contribution is -0.137. The van der Waals surface area contributed by atoms with Crippen LogP contribution in [0.25, 0.3) is 10.9 Å². The number of primary amides is 1. The van der Waals surface area contributed by atoms with Crippen LogP contribution >= 0.6 is 21.6 Å². The Labute approximate surface area is 409 Å². The van der Waals surface area contributed by atoms with Crippen LogP contribution in [-0.4, -0.2) is 149 Å². The molecular weight excluding hydrogens is 935 g/mol. The van der Waals surface area contributed by atoms with Crippen LogP contribution in [0.1, 0.15) is 71.3 Å². The highest BCUT2D eigenvalue weighted by Gasteiger charge is 2.36. The molecule has 1 aromatic heterocycles. The van der Waals surface area contributed by atoms with Gasteiger partial charge in [0.15, 0.2) is 5.96 Å². The number of nitrogens with two attached hydrogens (primary N) is 6. The number of amides is 8. The second kappa shape index (κ2) is 29.4. The van der Waals surface area contributed by atoms with Crippen molar-refractivity contribution >= 4 is 85.7 Å². The second-order valence-electron chi connectivity index (χ2n) is 17.2. The van der Waals surface area contributed by atoms with Crippen molar-refractivity contribution in [2.45, 2.75) is 127 Å². The number of H-pyrrole nitrogens is 1. The summed E-state index contributed by atoms with van der Waals surface area (Å²) in [5.41, 5.74) is 35.8. The fraction of sp³-hybridized carbons (Fsp3) is 0.605. The number of hydrogen-bond donors (Lipinski definition) is 15. The van der Waals surface area contributed by atoms with Crippen LogP contribution in [0.5, 0.6) is 0 Å². The molecule has 1 saturated heterocycles. The van der Waals surface area contributed by atoms with E-state index in [0.29, 0.717) is 18.4 Å². The summed E-state index contributed by atoms with van der Waals surface area (Å²) in [6.45, 7) is 5.19. The second-order valence-corrected chi connectivity index (χ2v) is 19.7. The van der Waals surface area contributed by atoms with Crippen molar-refractivity contribution in [2.75, 3.05) is 31.1 Å². The van der Waals surface area contributed by atoms with Gasteiger partial charge in [-0.2, -0.15) is 0 Å². The first kappa shape index (κ1) is 57.6. The molecule has 0 spiro atoms. The van der Waals surface area contributed by atoms with Crippen molar-refractivity contribution in [1.29, 1.82) is 0 Å². The highest BCUT2D eigenvalue weighted by molar-refractivity contribution is 8.76. The van der Waals surface area contributed by atoms with Gasteiger partial charge in [-0.25, -0.2) is 0 Å². The van der Waals surface area contributed by atoms with Crippen LogP contribution in [0.4, 0.5) is 0 Å². The number of aromatic amines is 1. The summed E-state index contributed by atoms with van der Waals surface area (Å²) in [5.74, 6) is -7.01. The number of aliphatic hydroxyl groups is 1. The zero-order valence-electron chi connectivity index (χ0n) is 39.3. The Balaban J connectivity index is 2.13. The molecule has 1 aliphatic heterocycles. The largest absolute Gasteiger partial charge is 0.391 e. The SMILES string of the molecule is CC(C)C[C@H](NC(=O)[C@@H]1CSSC[C@H](N)C(=O)N[C@@H](CCN)C(=O)N[C@@H](CCCN=C(N)N)C(=O)N[C@@H](Cc2c[nH]c3ccccc23)C(=O)N[C@@H]([C@@H](C)O)C(=O)N[C@@H](CCCCN)C(=O)N1)C(N)=O. The first-order valence-corrected chi connectivity index (χ1v) is 25.3. The molecule has 3 rings (SSSR count). The molecule has 24 nitrogen and oxygen atoms in total. The standard InChI is InChI=1S/C43H71N15O9S2/c1-22(2)17-31(35(47)60)55-41(66)33-21-69-68-20-26(46)36(61)52-30(13-15-45)39(64)53-29(12-8-16-50-43(48)49)37(62)56-32(18-24-19-51-27-10-5-4-9-25(24)27)40(65)58-34(23(3)59)42(67)54-28(38(63)57-33)11-6-7-14-44/h4-5,9-10,19,22-23,26,28-34,51,59H,6-8,11-18,20-21,44-46H2,1-3H3,(H2,47,60)(H,52,61)(H,53,64)(H,54,67)(H,55,66)(H,56,62)(H,57,63)(H,58,65)(H4,48,49,50)/t23-,26+,28+,29+,30+,31+,32+,33+,34+/m1/s1. The molecule has 1 fully saturated rings. The minimum Gasteiger partial charge on any atom is -0.391 e. The topological polar surface area (TPSA) is 425 Å². The summed E-state index contributed by atoms with van der Waals surface area (Å²) in [5, 5.41) is 30.1. The predicted molar refractivity (Wildman–Crippen MR) is 265 cm³/mol. The molecular formula is C43H71N15O9S2. The summed E-state index contributed by atoms with van der Waals surface area (Å²) in [6.07, 6.45) is 1.05. The number of aliphatic imine (C=N–C) groups is 1. The number of aromatic nitrogens is 1. The van der Waals surface area contributed by atoms with E-state index in [-0.39, 0.29) is 81.5 Å². The van der Waals surface area contributed by atoms with E-state index >= 15 is 0 Å². The van der Waals surface area contributed by atoms with Crippen LogP contribution in [0.2, 0.25) is 0 Å². The Morgan fingerprint density at radius 2 is 1.32 bits per heavy atom. The van der Waals surface area contributed by atoms with Gasteiger partial charge in [-0.05, 0) is 82.5 Å². The van der Waals surface area contributed by atoms with Gasteiger partial charge < -0.3 is 81.7 Å². The van der Waals surface area contributed by atoms with Crippen molar-refractivity contribution in [1.82, 2.24) is 42.2 Å². The molecule has 1 aliphatic rings. The monoisotopic (exact) mass is 1010 g/mol. The van der Waals surface area contributed by atoms with Crippen molar-refractivity contribution in [3.63, 3.8) is 0 Å². The molecule has 26 heteroatoms. The number of nitrogens with one attached hydrogen (secondary N) is 8. The third kappa shape index (κ3) is 19.3. The lowest BCUT2D eigenvalue weighted by Gasteiger charge is -2.29. The Kier molecular flexibility index (Phi) is 24.5. The summed E-state index contributed by atoms with van der Waals surface area (Å²) >= 11 is 0. The third-order valence-corrected chi connectivity index (χ3v) is 13.4. The van der Waals surface area contributed by atoms with Crippen LogP contribution in [-0.2, 0) is 44.8 Å². The third-order valence-electron chi connectivity index (χ3n) is 10.9. The average Bonchev–Trinajstić information content (AvgIpc) is 3.70. The molecule has 2 aromatic rings. The number of guanidine groups is 1. The normalized spacial score (nSPS) is 23.9. The van der Waals surface area contributed by atoms with E-state index in [1.807, 2.05) is 19.9 Å². The fourth-order valence-corrected chi connectivity index (χ4v) is 9.49. The van der Waals surface area contributed by atoms with Gasteiger partial charge in [0.05, 0.1) is 12.1 Å². The number of nitrogens with zero attached hydrogens (tertiary/aromatic N) is 1. The number of fused-ring (bicyclic) bond motifs is 1. The lowest BCUT2D eigenvalue weighted by atomic mass is 10.0. The van der Waals surface area contributed by atoms with Crippen molar-refractivity contribution in [3.05, 3.63) is 36.0 Å². The first-order chi connectivity index (χ1) is 32.7. The molecule has 0 radical (unpaired) electrons. The molecule has 384 valence electrons. The fourth-order valence-electron chi connectivity index (χ4n) is 7.20. The molecule has 0 bridgehead atoms. The van der Waals surface area contributed by atoms with Crippen LogP contribution < -0.4 is 71.6 Å². The number of carbonyl (C=O) groups excluding carboxylic acids is 8. The zero-order valence-corrected chi connectivity index (χ0v) is 40.9. The summed E-state index contributed by atoms with van der Waals surface area (Å²) < 4.78 is 0. The smallest absolute Gasteiger partial charge is 0.245 e. The number of rotatable bonds is 18. The highest BCUT2D eigenvalue weighted by atomic mass is 33.1. The van der Waals surface area contributed by atoms with Gasteiger partial charge in [0.1, 0.15) is 42.3 Å². The number of hydrogen-bond acceptors (Lipinski definition) is 15. The van der Waals surface area contributed by atoms with Crippen molar-refractivity contribution < 1.29 is 43.5 Å². The van der Waals surface area contributed by atoms with Crippen LogP contribution in [0.15, 0.2) is 35.5 Å². The molecule has 69 heavy (non-hydrogen) atoms. The lowest BCUT2D eigenvalue weighted by Crippen LogP contribution is -2.62. The Bertz CT molecular complexity index is 2090.